The molecule has 0 aliphatic rings. The van der Waals surface area contributed by atoms with E-state index in [9.17, 15) is 14.4 Å². The summed E-state index contributed by atoms with van der Waals surface area (Å²) in [6, 6.07) is -0.566. The third kappa shape index (κ3) is 8.49. The molecule has 0 aromatic heterocycles. The zero-order valence-electron chi connectivity index (χ0n) is 10.8. The van der Waals surface area contributed by atoms with Gasteiger partial charge < -0.3 is 20.1 Å². The number of urea groups is 1. The van der Waals surface area contributed by atoms with Crippen LogP contribution in [0, 0.1) is 12.3 Å². The Kier molecular flexibility index (Phi) is 8.62. The summed E-state index contributed by atoms with van der Waals surface area (Å²) >= 11 is 0. The molecule has 7 nitrogen and oxygen atoms in total. The maximum Gasteiger partial charge on any atom is 0.323 e. The van der Waals surface area contributed by atoms with Crippen molar-refractivity contribution in [1.29, 1.82) is 0 Å². The summed E-state index contributed by atoms with van der Waals surface area (Å²) in [4.78, 5) is 34.1. The summed E-state index contributed by atoms with van der Waals surface area (Å²) < 4.78 is 4.72. The Morgan fingerprint density at radius 3 is 2.63 bits per heavy atom. The molecule has 0 saturated carbocycles. The number of rotatable bonds is 8. The van der Waals surface area contributed by atoms with Gasteiger partial charge in [-0.3, -0.25) is 9.59 Å². The van der Waals surface area contributed by atoms with E-state index in [1.54, 1.807) is 6.92 Å². The standard InChI is InChI=1S/C12H18N2O5/c1-3-8-14(9-10(15)16)12(18)13-7-5-6-11(17)19-4-2/h1H,4-9H2,2H3,(H,13,18)(H,15,16). The molecule has 2 N–H and O–H groups in total. The van der Waals surface area contributed by atoms with Gasteiger partial charge >= 0.3 is 18.0 Å². The lowest BCUT2D eigenvalue weighted by atomic mass is 10.3. The number of carbonyl (C=O) groups excluding carboxylic acids is 2. The molecule has 0 saturated heterocycles. The Labute approximate surface area is 111 Å². The molecule has 0 aliphatic carbocycles. The smallest absolute Gasteiger partial charge is 0.323 e. The van der Waals surface area contributed by atoms with Gasteiger partial charge in [-0.25, -0.2) is 4.79 Å². The van der Waals surface area contributed by atoms with E-state index in [0.717, 1.165) is 4.90 Å². The molecule has 0 fully saturated rings. The van der Waals surface area contributed by atoms with Crippen molar-refractivity contribution < 1.29 is 24.2 Å². The second-order valence-corrected chi connectivity index (χ2v) is 3.59. The van der Waals surface area contributed by atoms with Crippen molar-refractivity contribution in [2.75, 3.05) is 26.2 Å². The molecule has 0 aromatic rings. The minimum absolute atomic E-state index is 0.0873. The average Bonchev–Trinajstić information content (AvgIpc) is 2.33. The van der Waals surface area contributed by atoms with Crippen molar-refractivity contribution in [2.45, 2.75) is 19.8 Å². The highest BCUT2D eigenvalue weighted by molar-refractivity contribution is 5.80. The van der Waals surface area contributed by atoms with Crippen LogP contribution in [0.5, 0.6) is 0 Å². The van der Waals surface area contributed by atoms with Gasteiger partial charge in [-0.1, -0.05) is 5.92 Å². The van der Waals surface area contributed by atoms with Crippen LogP contribution in [-0.4, -0.2) is 54.2 Å². The van der Waals surface area contributed by atoms with Gasteiger partial charge in [0.15, 0.2) is 0 Å². The number of ether oxygens (including phenoxy) is 1. The van der Waals surface area contributed by atoms with Crippen LogP contribution in [0.1, 0.15) is 19.8 Å². The molecule has 0 rings (SSSR count). The highest BCUT2D eigenvalue weighted by Gasteiger charge is 2.15. The Morgan fingerprint density at radius 1 is 1.42 bits per heavy atom. The number of amides is 2. The third-order valence-corrected chi connectivity index (χ3v) is 2.03. The SMILES string of the molecule is C#CCN(CC(=O)O)C(=O)NCCCC(=O)OCC. The molecule has 0 atom stereocenters. The summed E-state index contributed by atoms with van der Waals surface area (Å²) in [6.45, 7) is 1.73. The van der Waals surface area contributed by atoms with E-state index in [4.69, 9.17) is 16.3 Å². The van der Waals surface area contributed by atoms with Crippen molar-refractivity contribution in [3.8, 4) is 12.3 Å². The first kappa shape index (κ1) is 16.8. The van der Waals surface area contributed by atoms with Gasteiger partial charge in [-0.2, -0.15) is 0 Å². The number of aliphatic carboxylic acids is 1. The molecule has 0 heterocycles. The van der Waals surface area contributed by atoms with Gasteiger partial charge in [-0.05, 0) is 13.3 Å². The van der Waals surface area contributed by atoms with Gasteiger partial charge in [0.1, 0.15) is 6.54 Å². The van der Waals surface area contributed by atoms with Gasteiger partial charge in [0, 0.05) is 13.0 Å². The van der Waals surface area contributed by atoms with Crippen LogP contribution < -0.4 is 5.32 Å². The number of esters is 1. The van der Waals surface area contributed by atoms with Gasteiger partial charge in [0.05, 0.1) is 13.2 Å². The van der Waals surface area contributed by atoms with Gasteiger partial charge in [-0.15, -0.1) is 6.42 Å². The Morgan fingerprint density at radius 2 is 2.11 bits per heavy atom. The van der Waals surface area contributed by atoms with Gasteiger partial charge in [0.25, 0.3) is 0 Å². The number of carbonyl (C=O) groups is 3. The van der Waals surface area contributed by atoms with Crippen molar-refractivity contribution in [1.82, 2.24) is 10.2 Å². The monoisotopic (exact) mass is 270 g/mol. The first-order valence-corrected chi connectivity index (χ1v) is 5.84. The van der Waals surface area contributed by atoms with Crippen molar-refractivity contribution >= 4 is 18.0 Å². The molecular formula is C12H18N2O5. The summed E-state index contributed by atoms with van der Waals surface area (Å²) in [6.07, 6.45) is 5.66. The topological polar surface area (TPSA) is 95.9 Å². The number of carboxylic acid groups (broad SMARTS) is 1. The zero-order chi connectivity index (χ0) is 14.7. The molecular weight excluding hydrogens is 252 g/mol. The minimum atomic E-state index is -1.14. The normalized spacial score (nSPS) is 9.26. The Bertz CT molecular complexity index is 362. The minimum Gasteiger partial charge on any atom is -0.480 e. The average molecular weight is 270 g/mol. The highest BCUT2D eigenvalue weighted by Crippen LogP contribution is 1.93. The van der Waals surface area contributed by atoms with Crippen molar-refractivity contribution in [3.63, 3.8) is 0 Å². The Hall–Kier alpha value is -2.23. The summed E-state index contributed by atoms with van der Waals surface area (Å²) in [5.41, 5.74) is 0. The van der Waals surface area contributed by atoms with E-state index < -0.39 is 18.5 Å². The Balaban J connectivity index is 3.96. The number of nitrogens with zero attached hydrogens (tertiary/aromatic N) is 1. The van der Waals surface area contributed by atoms with E-state index in [2.05, 4.69) is 11.2 Å². The summed E-state index contributed by atoms with van der Waals surface area (Å²) in [5.74, 6) is 0.735. The molecule has 106 valence electrons. The highest BCUT2D eigenvalue weighted by atomic mass is 16.5. The van der Waals surface area contributed by atoms with Crippen molar-refractivity contribution in [2.24, 2.45) is 0 Å². The van der Waals surface area contributed by atoms with Crippen LogP contribution in [0.15, 0.2) is 0 Å². The van der Waals surface area contributed by atoms with E-state index in [-0.39, 0.29) is 25.5 Å². The number of hydrogen-bond acceptors (Lipinski definition) is 4. The van der Waals surface area contributed by atoms with Crippen LogP contribution in [-0.2, 0) is 14.3 Å². The summed E-state index contributed by atoms with van der Waals surface area (Å²) in [5, 5.41) is 11.1. The lowest BCUT2D eigenvalue weighted by Gasteiger charge is -2.18. The second kappa shape index (κ2) is 9.76. The molecule has 7 heteroatoms. The maximum absolute atomic E-state index is 11.6. The predicted octanol–water partition coefficient (Wildman–Crippen LogP) is 0.0591. The van der Waals surface area contributed by atoms with Crippen LogP contribution in [0.2, 0.25) is 0 Å². The van der Waals surface area contributed by atoms with E-state index in [0.29, 0.717) is 13.0 Å². The van der Waals surface area contributed by atoms with Gasteiger partial charge in [0.2, 0.25) is 0 Å². The van der Waals surface area contributed by atoms with E-state index in [1.807, 2.05) is 0 Å². The maximum atomic E-state index is 11.6. The molecule has 2 amide bonds. The number of nitrogens with one attached hydrogen (secondary N) is 1. The van der Waals surface area contributed by atoms with E-state index >= 15 is 0 Å². The van der Waals surface area contributed by atoms with Crippen molar-refractivity contribution in [3.05, 3.63) is 0 Å². The fourth-order valence-electron chi connectivity index (χ4n) is 1.25. The second-order valence-electron chi connectivity index (χ2n) is 3.59. The third-order valence-electron chi connectivity index (χ3n) is 2.03. The van der Waals surface area contributed by atoms with Crippen LogP contribution >= 0.6 is 0 Å². The first-order valence-electron chi connectivity index (χ1n) is 5.84. The lowest BCUT2D eigenvalue weighted by molar-refractivity contribution is -0.143. The quantitative estimate of drug-likeness (QED) is 0.369. The van der Waals surface area contributed by atoms with Crippen LogP contribution in [0.3, 0.4) is 0 Å². The molecule has 0 bridgehead atoms. The number of terminal acetylenes is 1. The predicted molar refractivity (Wildman–Crippen MR) is 67.3 cm³/mol. The summed E-state index contributed by atoms with van der Waals surface area (Å²) in [7, 11) is 0. The molecule has 19 heavy (non-hydrogen) atoms. The zero-order valence-corrected chi connectivity index (χ0v) is 10.8. The largest absolute Gasteiger partial charge is 0.480 e. The molecule has 0 unspecified atom stereocenters. The molecule has 0 aromatic carbocycles. The van der Waals surface area contributed by atoms with E-state index in [1.165, 1.54) is 0 Å². The molecule has 0 aliphatic heterocycles. The van der Waals surface area contributed by atoms with Crippen LogP contribution in [0.4, 0.5) is 4.79 Å². The fraction of sp³-hybridized carbons (Fsp3) is 0.583. The number of hydrogen-bond donors (Lipinski definition) is 2. The molecule has 0 spiro atoms. The first-order chi connectivity index (χ1) is 9.01. The van der Waals surface area contributed by atoms with Crippen LogP contribution in [0.25, 0.3) is 0 Å². The molecule has 0 radical (unpaired) electrons. The number of carboxylic acids is 1. The fourth-order valence-corrected chi connectivity index (χ4v) is 1.25. The lowest BCUT2D eigenvalue weighted by Crippen LogP contribution is -2.43.